The van der Waals surface area contributed by atoms with Gasteiger partial charge in [0, 0.05) is 4.88 Å². The van der Waals surface area contributed by atoms with Gasteiger partial charge in [0.25, 0.3) is 0 Å². The molecule has 1 saturated heterocycles. The summed E-state index contributed by atoms with van der Waals surface area (Å²) in [4.78, 5) is 16.8. The molecule has 1 aliphatic heterocycles. The van der Waals surface area contributed by atoms with Gasteiger partial charge in [-0.3, -0.25) is 9.69 Å². The topological polar surface area (TPSA) is 20.3 Å². The molecule has 0 unspecified atom stereocenters. The van der Waals surface area contributed by atoms with E-state index in [0.29, 0.717) is 12.3 Å². The first-order valence-corrected chi connectivity index (χ1v) is 8.26. The van der Waals surface area contributed by atoms with Crippen LogP contribution in [0, 0.1) is 11.8 Å². The minimum Gasteiger partial charge on any atom is -0.296 e. The summed E-state index contributed by atoms with van der Waals surface area (Å²) in [5.74, 6) is 1.93. The normalized spacial score (nSPS) is 18.1. The number of piperidine rings is 1. The summed E-state index contributed by atoms with van der Waals surface area (Å²) in [6.07, 6.45) is 3.52. The van der Waals surface area contributed by atoms with E-state index in [1.54, 1.807) is 11.3 Å². The van der Waals surface area contributed by atoms with Crippen molar-refractivity contribution in [3.05, 3.63) is 21.9 Å². The molecule has 2 rings (SSSR count). The van der Waals surface area contributed by atoms with E-state index in [0.717, 1.165) is 36.2 Å². The van der Waals surface area contributed by atoms with Gasteiger partial charge in [0.2, 0.25) is 0 Å². The second kappa shape index (κ2) is 6.67. The van der Waals surface area contributed by atoms with Crippen molar-refractivity contribution in [3.8, 4) is 0 Å². The van der Waals surface area contributed by atoms with Gasteiger partial charge >= 0.3 is 0 Å². The van der Waals surface area contributed by atoms with Crippen molar-refractivity contribution < 1.29 is 4.79 Å². The minimum atomic E-state index is 0.299. The van der Waals surface area contributed by atoms with Gasteiger partial charge in [-0.15, -0.1) is 11.3 Å². The van der Waals surface area contributed by atoms with Crippen LogP contribution in [0.5, 0.6) is 0 Å². The summed E-state index contributed by atoms with van der Waals surface area (Å²) in [7, 11) is 0. The molecule has 0 radical (unpaired) electrons. The van der Waals surface area contributed by atoms with Crippen LogP contribution in [0.15, 0.2) is 12.1 Å². The number of carbonyl (C=O) groups is 1. The fourth-order valence-electron chi connectivity index (χ4n) is 2.78. The lowest BCUT2D eigenvalue weighted by molar-refractivity contribution is 0.0884. The number of Topliss-reactive ketones (excluding diaryl/α,β-unsaturated/α-hetero) is 1. The zero-order chi connectivity index (χ0) is 13.8. The number of thiophene rings is 1. The highest BCUT2D eigenvalue weighted by Gasteiger charge is 2.23. The SMILES string of the molecule is CCc1ccc(C(=O)CN2CCC(C(C)C)CC2)s1. The van der Waals surface area contributed by atoms with Crippen LogP contribution in [0.1, 0.15) is 48.2 Å². The third-order valence-corrected chi connectivity index (χ3v) is 5.50. The first kappa shape index (κ1) is 14.7. The quantitative estimate of drug-likeness (QED) is 0.763. The van der Waals surface area contributed by atoms with Crippen LogP contribution in [0.3, 0.4) is 0 Å². The fraction of sp³-hybridized carbons (Fsp3) is 0.688. The Hall–Kier alpha value is -0.670. The predicted molar refractivity (Wildman–Crippen MR) is 82.0 cm³/mol. The van der Waals surface area contributed by atoms with E-state index in [9.17, 15) is 4.79 Å². The summed E-state index contributed by atoms with van der Waals surface area (Å²) in [6, 6.07) is 4.08. The maximum Gasteiger partial charge on any atom is 0.186 e. The van der Waals surface area contributed by atoms with Gasteiger partial charge in [-0.05, 0) is 56.3 Å². The van der Waals surface area contributed by atoms with E-state index in [4.69, 9.17) is 0 Å². The van der Waals surface area contributed by atoms with Crippen LogP contribution in [-0.2, 0) is 6.42 Å². The average molecular weight is 279 g/mol. The summed E-state index contributed by atoms with van der Waals surface area (Å²) >= 11 is 1.66. The Kier molecular flexibility index (Phi) is 5.17. The highest BCUT2D eigenvalue weighted by atomic mass is 32.1. The van der Waals surface area contributed by atoms with E-state index in [1.165, 1.54) is 17.7 Å². The van der Waals surface area contributed by atoms with E-state index < -0.39 is 0 Å². The molecule has 2 nitrogen and oxygen atoms in total. The molecule has 19 heavy (non-hydrogen) atoms. The number of likely N-dealkylation sites (tertiary alicyclic amines) is 1. The van der Waals surface area contributed by atoms with Gasteiger partial charge in [0.1, 0.15) is 0 Å². The molecule has 0 aromatic carbocycles. The van der Waals surface area contributed by atoms with Crippen molar-refractivity contribution in [2.24, 2.45) is 11.8 Å². The van der Waals surface area contributed by atoms with Crippen molar-refractivity contribution in [1.82, 2.24) is 4.90 Å². The Labute approximate surface area is 120 Å². The molecular weight excluding hydrogens is 254 g/mol. The Morgan fingerprint density at radius 3 is 2.58 bits per heavy atom. The van der Waals surface area contributed by atoms with Crippen LogP contribution >= 0.6 is 11.3 Å². The van der Waals surface area contributed by atoms with E-state index in [2.05, 4.69) is 31.7 Å². The smallest absolute Gasteiger partial charge is 0.186 e. The molecular formula is C16H25NOS. The molecule has 1 aromatic heterocycles. The molecule has 0 atom stereocenters. The van der Waals surface area contributed by atoms with Gasteiger partial charge < -0.3 is 0 Å². The maximum atomic E-state index is 12.2. The zero-order valence-corrected chi connectivity index (χ0v) is 13.1. The predicted octanol–water partition coefficient (Wildman–Crippen LogP) is 3.86. The molecule has 1 aromatic rings. The van der Waals surface area contributed by atoms with Crippen LogP contribution in [0.4, 0.5) is 0 Å². The molecule has 0 N–H and O–H groups in total. The lowest BCUT2D eigenvalue weighted by atomic mass is 9.87. The van der Waals surface area contributed by atoms with Crippen LogP contribution in [0.25, 0.3) is 0 Å². The number of carbonyl (C=O) groups excluding carboxylic acids is 1. The molecule has 0 aliphatic carbocycles. The lowest BCUT2D eigenvalue weighted by Gasteiger charge is -2.33. The van der Waals surface area contributed by atoms with Gasteiger partial charge in [0.05, 0.1) is 11.4 Å². The number of ketones is 1. The van der Waals surface area contributed by atoms with Crippen molar-refractivity contribution in [3.63, 3.8) is 0 Å². The maximum absolute atomic E-state index is 12.2. The summed E-state index contributed by atoms with van der Waals surface area (Å²) < 4.78 is 0. The lowest BCUT2D eigenvalue weighted by Crippen LogP contribution is -2.38. The van der Waals surface area contributed by atoms with Crippen LogP contribution in [0.2, 0.25) is 0 Å². The number of aryl methyl sites for hydroxylation is 1. The molecule has 0 bridgehead atoms. The first-order valence-electron chi connectivity index (χ1n) is 7.44. The molecule has 1 aliphatic rings. The highest BCUT2D eigenvalue weighted by molar-refractivity contribution is 7.14. The third kappa shape index (κ3) is 3.90. The largest absolute Gasteiger partial charge is 0.296 e. The van der Waals surface area contributed by atoms with Crippen LogP contribution in [-0.4, -0.2) is 30.3 Å². The molecule has 0 spiro atoms. The molecule has 0 saturated carbocycles. The zero-order valence-electron chi connectivity index (χ0n) is 12.3. The highest BCUT2D eigenvalue weighted by Crippen LogP contribution is 2.25. The number of nitrogens with zero attached hydrogens (tertiary/aromatic N) is 1. The fourth-order valence-corrected chi connectivity index (χ4v) is 3.65. The average Bonchev–Trinajstić information content (AvgIpc) is 2.88. The van der Waals surface area contributed by atoms with Gasteiger partial charge in [-0.2, -0.15) is 0 Å². The van der Waals surface area contributed by atoms with E-state index >= 15 is 0 Å². The second-order valence-electron chi connectivity index (χ2n) is 5.90. The van der Waals surface area contributed by atoms with Crippen molar-refractivity contribution in [2.75, 3.05) is 19.6 Å². The summed E-state index contributed by atoms with van der Waals surface area (Å²) in [5, 5.41) is 0. The minimum absolute atomic E-state index is 0.299. The summed E-state index contributed by atoms with van der Waals surface area (Å²) in [5.41, 5.74) is 0. The number of hydrogen-bond acceptors (Lipinski definition) is 3. The van der Waals surface area contributed by atoms with Gasteiger partial charge in [-0.1, -0.05) is 20.8 Å². The Balaban J connectivity index is 1.83. The number of hydrogen-bond donors (Lipinski definition) is 0. The molecule has 106 valence electrons. The third-order valence-electron chi connectivity index (χ3n) is 4.23. The van der Waals surface area contributed by atoms with Gasteiger partial charge in [0.15, 0.2) is 5.78 Å². The standard InChI is InChI=1S/C16H25NOS/c1-4-14-5-6-16(19-14)15(18)11-17-9-7-13(8-10-17)12(2)3/h5-6,12-13H,4,7-11H2,1-3H3. The second-order valence-corrected chi connectivity index (χ2v) is 7.07. The van der Waals surface area contributed by atoms with Crippen LogP contribution < -0.4 is 0 Å². The van der Waals surface area contributed by atoms with E-state index in [1.807, 2.05) is 6.07 Å². The van der Waals surface area contributed by atoms with Crippen molar-refractivity contribution in [2.45, 2.75) is 40.0 Å². The van der Waals surface area contributed by atoms with Crippen molar-refractivity contribution in [1.29, 1.82) is 0 Å². The van der Waals surface area contributed by atoms with Crippen molar-refractivity contribution >= 4 is 17.1 Å². The summed E-state index contributed by atoms with van der Waals surface area (Å²) in [6.45, 7) is 9.53. The Bertz CT molecular complexity index is 416. The molecule has 1 fully saturated rings. The van der Waals surface area contributed by atoms with E-state index in [-0.39, 0.29) is 0 Å². The molecule has 2 heterocycles. The Morgan fingerprint density at radius 2 is 2.05 bits per heavy atom. The monoisotopic (exact) mass is 279 g/mol. The number of rotatable bonds is 5. The Morgan fingerprint density at radius 1 is 1.37 bits per heavy atom. The first-order chi connectivity index (χ1) is 9.10. The van der Waals surface area contributed by atoms with Gasteiger partial charge in [-0.25, -0.2) is 0 Å². The molecule has 0 amide bonds. The molecule has 3 heteroatoms.